The summed E-state index contributed by atoms with van der Waals surface area (Å²) in [5.74, 6) is -0.0893. The molecule has 2 aliphatic rings. The molecule has 124 valence electrons. The van der Waals surface area contributed by atoms with Crippen LogP contribution < -0.4 is 0 Å². The van der Waals surface area contributed by atoms with Crippen molar-refractivity contribution in [2.24, 2.45) is 0 Å². The first-order chi connectivity index (χ1) is 10.2. The first-order valence-electron chi connectivity index (χ1n) is 7.07. The molecule has 2 atom stereocenters. The zero-order chi connectivity index (χ0) is 16.1. The second kappa shape index (κ2) is 5.29. The Morgan fingerprint density at radius 3 is 2.59 bits per heavy atom. The van der Waals surface area contributed by atoms with Crippen molar-refractivity contribution in [3.63, 3.8) is 0 Å². The van der Waals surface area contributed by atoms with Gasteiger partial charge >= 0.3 is 0 Å². The van der Waals surface area contributed by atoms with Gasteiger partial charge in [-0.15, -0.1) is 0 Å². The molecular weight excluding hydrogens is 328 g/mol. The maximum atomic E-state index is 12.0. The second-order valence-corrected chi connectivity index (χ2v) is 10.1. The first-order valence-corrected chi connectivity index (χ1v) is 10.7. The molecule has 0 amide bonds. The van der Waals surface area contributed by atoms with E-state index in [1.807, 2.05) is 11.8 Å². The van der Waals surface area contributed by atoms with E-state index in [2.05, 4.69) is 9.97 Å². The summed E-state index contributed by atoms with van der Waals surface area (Å²) in [5.41, 5.74) is 1.82. The summed E-state index contributed by atoms with van der Waals surface area (Å²) in [6, 6.07) is -0.794. The number of aryl methyl sites for hydroxylation is 1. The highest BCUT2D eigenvalue weighted by molar-refractivity contribution is 7.92. The Kier molecular flexibility index (Phi) is 3.83. The number of rotatable bonds is 3. The molecule has 1 aromatic rings. The van der Waals surface area contributed by atoms with E-state index in [-0.39, 0.29) is 17.5 Å². The van der Waals surface area contributed by atoms with Crippen LogP contribution in [0.2, 0.25) is 0 Å². The molecule has 8 nitrogen and oxygen atoms in total. The quantitative estimate of drug-likeness (QED) is 0.748. The molecule has 0 aliphatic carbocycles. The number of aromatic amines is 1. The fourth-order valence-electron chi connectivity index (χ4n) is 3.34. The molecule has 0 unspecified atom stereocenters. The maximum Gasteiger partial charge on any atom is 0.211 e. The van der Waals surface area contributed by atoms with Crippen LogP contribution in [0.4, 0.5) is 0 Å². The number of hydrogen-bond acceptors (Lipinski definition) is 6. The van der Waals surface area contributed by atoms with E-state index in [1.165, 1.54) is 4.31 Å². The fourth-order valence-corrected chi connectivity index (χ4v) is 6.57. The summed E-state index contributed by atoms with van der Waals surface area (Å²) in [5, 5.41) is 0. The standard InChI is InChI=1S/C12H20N4O4S2/c1-9-10(14-8-13-9)5-15-3-4-16(21(2,17)18)12-7-22(19,20)6-11(12)15/h8,11-12H,3-7H2,1-2H3,(H,13,14)/t11-,12+/m1/s1. The lowest BCUT2D eigenvalue weighted by atomic mass is 10.1. The predicted molar refractivity (Wildman–Crippen MR) is 81.5 cm³/mol. The van der Waals surface area contributed by atoms with Crippen LogP contribution in [-0.4, -0.2) is 78.9 Å². The van der Waals surface area contributed by atoms with E-state index in [0.717, 1.165) is 17.6 Å². The Bertz CT molecular complexity index is 771. The van der Waals surface area contributed by atoms with E-state index in [1.54, 1.807) is 6.33 Å². The van der Waals surface area contributed by atoms with Crippen LogP contribution >= 0.6 is 0 Å². The van der Waals surface area contributed by atoms with Crippen LogP contribution in [0, 0.1) is 6.92 Å². The Balaban J connectivity index is 1.88. The van der Waals surface area contributed by atoms with Gasteiger partial charge in [0, 0.05) is 31.4 Å². The van der Waals surface area contributed by atoms with Crippen molar-refractivity contribution in [1.82, 2.24) is 19.2 Å². The molecule has 0 radical (unpaired) electrons. The summed E-state index contributed by atoms with van der Waals surface area (Å²) in [6.07, 6.45) is 2.75. The van der Waals surface area contributed by atoms with Gasteiger partial charge in [0.25, 0.3) is 0 Å². The van der Waals surface area contributed by atoms with Gasteiger partial charge in [0.15, 0.2) is 9.84 Å². The van der Waals surface area contributed by atoms with Crippen molar-refractivity contribution in [2.75, 3.05) is 30.9 Å². The molecule has 22 heavy (non-hydrogen) atoms. The van der Waals surface area contributed by atoms with Crippen molar-refractivity contribution in [3.05, 3.63) is 17.7 Å². The summed E-state index contributed by atoms with van der Waals surface area (Å²) in [4.78, 5) is 9.30. The Morgan fingerprint density at radius 2 is 2.00 bits per heavy atom. The van der Waals surface area contributed by atoms with Crippen LogP contribution in [0.3, 0.4) is 0 Å². The summed E-state index contributed by atoms with van der Waals surface area (Å²) < 4.78 is 49.2. The molecule has 0 bridgehead atoms. The Labute approximate surface area is 130 Å². The molecule has 3 heterocycles. The zero-order valence-electron chi connectivity index (χ0n) is 12.6. The minimum absolute atomic E-state index is 0.00710. The number of nitrogens with zero attached hydrogens (tertiary/aromatic N) is 3. The van der Waals surface area contributed by atoms with Gasteiger partial charge in [-0.3, -0.25) is 4.90 Å². The molecule has 1 N–H and O–H groups in total. The maximum absolute atomic E-state index is 12.0. The van der Waals surface area contributed by atoms with Crippen LogP contribution in [0.25, 0.3) is 0 Å². The fraction of sp³-hybridized carbons (Fsp3) is 0.750. The third-order valence-corrected chi connectivity index (χ3v) is 7.46. The highest BCUT2D eigenvalue weighted by Gasteiger charge is 2.49. The minimum atomic E-state index is -3.40. The van der Waals surface area contributed by atoms with E-state index in [0.29, 0.717) is 19.6 Å². The molecule has 0 saturated carbocycles. The van der Waals surface area contributed by atoms with Gasteiger partial charge in [0.1, 0.15) is 0 Å². The minimum Gasteiger partial charge on any atom is -0.348 e. The number of piperazine rings is 1. The van der Waals surface area contributed by atoms with Gasteiger partial charge in [-0.1, -0.05) is 0 Å². The van der Waals surface area contributed by atoms with Crippen molar-refractivity contribution in [2.45, 2.75) is 25.6 Å². The van der Waals surface area contributed by atoms with Crippen molar-refractivity contribution >= 4 is 19.9 Å². The molecular formula is C12H20N4O4S2. The van der Waals surface area contributed by atoms with E-state index in [9.17, 15) is 16.8 Å². The molecule has 2 fully saturated rings. The van der Waals surface area contributed by atoms with Crippen LogP contribution in [0.1, 0.15) is 11.4 Å². The highest BCUT2D eigenvalue weighted by Crippen LogP contribution is 2.29. The van der Waals surface area contributed by atoms with Gasteiger partial charge in [-0.2, -0.15) is 4.31 Å². The average Bonchev–Trinajstić information content (AvgIpc) is 2.91. The lowest BCUT2D eigenvalue weighted by Gasteiger charge is -2.42. The number of hydrogen-bond donors (Lipinski definition) is 1. The summed E-state index contributed by atoms with van der Waals surface area (Å²) in [6.45, 7) is 3.27. The van der Waals surface area contributed by atoms with Gasteiger partial charge in [0.2, 0.25) is 10.0 Å². The number of nitrogens with one attached hydrogen (secondary N) is 1. The molecule has 2 saturated heterocycles. The lowest BCUT2D eigenvalue weighted by Crippen LogP contribution is -2.59. The van der Waals surface area contributed by atoms with Crippen LogP contribution in [-0.2, 0) is 26.4 Å². The van der Waals surface area contributed by atoms with Crippen molar-refractivity contribution in [1.29, 1.82) is 0 Å². The van der Waals surface area contributed by atoms with Gasteiger partial charge in [0.05, 0.1) is 35.8 Å². The number of fused-ring (bicyclic) bond motifs is 1. The third-order valence-electron chi connectivity index (χ3n) is 4.45. The zero-order valence-corrected chi connectivity index (χ0v) is 14.2. The van der Waals surface area contributed by atoms with Gasteiger partial charge < -0.3 is 4.98 Å². The monoisotopic (exact) mass is 348 g/mol. The van der Waals surface area contributed by atoms with Crippen LogP contribution in [0.5, 0.6) is 0 Å². The second-order valence-electron chi connectivity index (χ2n) is 6.03. The number of aromatic nitrogens is 2. The lowest BCUT2D eigenvalue weighted by molar-refractivity contribution is 0.0883. The predicted octanol–water partition coefficient (Wildman–Crippen LogP) is -1.04. The van der Waals surface area contributed by atoms with Crippen molar-refractivity contribution < 1.29 is 16.8 Å². The average molecular weight is 348 g/mol. The number of imidazole rings is 1. The van der Waals surface area contributed by atoms with Gasteiger partial charge in [-0.05, 0) is 6.92 Å². The first kappa shape index (κ1) is 15.9. The third kappa shape index (κ3) is 2.92. The Morgan fingerprint density at radius 1 is 1.32 bits per heavy atom. The van der Waals surface area contributed by atoms with Crippen molar-refractivity contribution in [3.8, 4) is 0 Å². The Hall–Kier alpha value is -0.970. The topological polar surface area (TPSA) is 103 Å². The van der Waals surface area contributed by atoms with E-state index >= 15 is 0 Å². The number of sulfone groups is 1. The normalized spacial score (nSPS) is 29.5. The molecule has 10 heteroatoms. The summed E-state index contributed by atoms with van der Waals surface area (Å²) in [7, 11) is -6.62. The molecule has 0 aromatic carbocycles. The SMILES string of the molecule is Cc1[nH]cnc1CN1CCN(S(C)(=O)=O)[C@H]2CS(=O)(=O)C[C@H]21. The summed E-state index contributed by atoms with van der Waals surface area (Å²) >= 11 is 0. The van der Waals surface area contributed by atoms with E-state index in [4.69, 9.17) is 0 Å². The van der Waals surface area contributed by atoms with E-state index < -0.39 is 25.9 Å². The highest BCUT2D eigenvalue weighted by atomic mass is 32.2. The smallest absolute Gasteiger partial charge is 0.211 e. The van der Waals surface area contributed by atoms with Gasteiger partial charge in [-0.25, -0.2) is 21.8 Å². The largest absolute Gasteiger partial charge is 0.348 e. The molecule has 1 aromatic heterocycles. The molecule has 3 rings (SSSR count). The molecule has 0 spiro atoms. The van der Waals surface area contributed by atoms with Crippen LogP contribution in [0.15, 0.2) is 6.33 Å². The number of sulfonamides is 1. The molecule has 2 aliphatic heterocycles. The number of H-pyrrole nitrogens is 1.